The molecule has 2 rings (SSSR count). The molecular formula is C14H14N4O2. The second kappa shape index (κ2) is 5.53. The van der Waals surface area contributed by atoms with Crippen LogP contribution < -0.4 is 0 Å². The van der Waals surface area contributed by atoms with Gasteiger partial charge in [-0.25, -0.2) is 9.48 Å². The third kappa shape index (κ3) is 2.52. The van der Waals surface area contributed by atoms with Crippen LogP contribution in [0.5, 0.6) is 0 Å². The smallest absolute Gasteiger partial charge is 0.341 e. The first kappa shape index (κ1) is 13.7. The zero-order valence-electron chi connectivity index (χ0n) is 11.5. The summed E-state index contributed by atoms with van der Waals surface area (Å²) in [6, 6.07) is 3.87. The lowest BCUT2D eigenvalue weighted by Gasteiger charge is -2.07. The quantitative estimate of drug-likeness (QED) is 0.796. The summed E-state index contributed by atoms with van der Waals surface area (Å²) in [4.78, 5) is 15.9. The highest BCUT2D eigenvalue weighted by Gasteiger charge is 2.14. The molecule has 0 saturated heterocycles. The van der Waals surface area contributed by atoms with Gasteiger partial charge in [-0.15, -0.1) is 0 Å². The monoisotopic (exact) mass is 270 g/mol. The molecule has 0 N–H and O–H groups in total. The molecule has 102 valence electrons. The van der Waals surface area contributed by atoms with E-state index in [9.17, 15) is 10.1 Å². The molecule has 2 aromatic rings. The van der Waals surface area contributed by atoms with Crippen molar-refractivity contribution in [3.8, 4) is 11.8 Å². The van der Waals surface area contributed by atoms with E-state index in [2.05, 4.69) is 16.2 Å². The van der Waals surface area contributed by atoms with Gasteiger partial charge in [0.25, 0.3) is 0 Å². The summed E-state index contributed by atoms with van der Waals surface area (Å²) < 4.78 is 6.40. The minimum absolute atomic E-state index is 0.306. The Hall–Kier alpha value is -2.68. The maximum Gasteiger partial charge on any atom is 0.341 e. The van der Waals surface area contributed by atoms with E-state index in [1.165, 1.54) is 10.9 Å². The number of carbonyl (C=O) groups is 1. The topological polar surface area (TPSA) is 80.8 Å². The molecule has 6 heteroatoms. The summed E-state index contributed by atoms with van der Waals surface area (Å²) in [6.45, 7) is 5.66. The van der Waals surface area contributed by atoms with Crippen molar-refractivity contribution in [3.63, 3.8) is 0 Å². The molecule has 0 aliphatic rings. The van der Waals surface area contributed by atoms with Gasteiger partial charge in [-0.3, -0.25) is 4.98 Å². The minimum atomic E-state index is -0.431. The van der Waals surface area contributed by atoms with Crippen molar-refractivity contribution in [3.05, 3.63) is 41.0 Å². The zero-order valence-corrected chi connectivity index (χ0v) is 11.5. The first-order valence-electron chi connectivity index (χ1n) is 6.17. The SMILES string of the molecule is CCOC(=O)c1cnn(-c2cc(C)nc(C)c2C#N)c1. The van der Waals surface area contributed by atoms with Crippen molar-refractivity contribution in [2.45, 2.75) is 20.8 Å². The van der Waals surface area contributed by atoms with Crippen LogP contribution in [0.4, 0.5) is 0 Å². The van der Waals surface area contributed by atoms with Gasteiger partial charge in [-0.05, 0) is 26.8 Å². The number of ether oxygens (including phenoxy) is 1. The molecule has 0 radical (unpaired) electrons. The first-order valence-corrected chi connectivity index (χ1v) is 6.17. The second-order valence-electron chi connectivity index (χ2n) is 4.25. The van der Waals surface area contributed by atoms with E-state index >= 15 is 0 Å². The number of aromatic nitrogens is 3. The number of aryl methyl sites for hydroxylation is 2. The van der Waals surface area contributed by atoms with Crippen molar-refractivity contribution in [1.29, 1.82) is 5.26 Å². The largest absolute Gasteiger partial charge is 0.462 e. The summed E-state index contributed by atoms with van der Waals surface area (Å²) in [5, 5.41) is 13.3. The molecule has 2 aromatic heterocycles. The van der Waals surface area contributed by atoms with Gasteiger partial charge >= 0.3 is 5.97 Å². The molecule has 0 aliphatic carbocycles. The lowest BCUT2D eigenvalue weighted by atomic mass is 10.1. The van der Waals surface area contributed by atoms with Gasteiger partial charge in [0, 0.05) is 11.9 Å². The number of pyridine rings is 1. The summed E-state index contributed by atoms with van der Waals surface area (Å²) in [5.74, 6) is -0.431. The van der Waals surface area contributed by atoms with Crippen LogP contribution in [0.3, 0.4) is 0 Å². The van der Waals surface area contributed by atoms with Crippen LogP contribution >= 0.6 is 0 Å². The Kier molecular flexibility index (Phi) is 3.80. The van der Waals surface area contributed by atoms with Crippen LogP contribution in [0.15, 0.2) is 18.5 Å². The maximum absolute atomic E-state index is 11.6. The van der Waals surface area contributed by atoms with Crippen molar-refractivity contribution >= 4 is 5.97 Å². The normalized spacial score (nSPS) is 10.1. The maximum atomic E-state index is 11.6. The standard InChI is InChI=1S/C14H14N4O2/c1-4-20-14(19)11-7-16-18(8-11)13-5-9(2)17-10(3)12(13)6-15/h5,7-8H,4H2,1-3H3. The summed E-state index contributed by atoms with van der Waals surface area (Å²) >= 11 is 0. The van der Waals surface area contributed by atoms with Gasteiger partial charge in [0.15, 0.2) is 0 Å². The number of esters is 1. The Morgan fingerprint density at radius 2 is 2.25 bits per heavy atom. The summed E-state index contributed by atoms with van der Waals surface area (Å²) in [7, 11) is 0. The van der Waals surface area contributed by atoms with Gasteiger partial charge in [0.1, 0.15) is 6.07 Å². The number of nitriles is 1. The summed E-state index contributed by atoms with van der Waals surface area (Å²) in [6.07, 6.45) is 2.97. The number of hydrogen-bond donors (Lipinski definition) is 0. The summed E-state index contributed by atoms with van der Waals surface area (Å²) in [5.41, 5.74) is 2.81. The molecular weight excluding hydrogens is 256 g/mol. The Bertz CT molecular complexity index is 698. The third-order valence-electron chi connectivity index (χ3n) is 2.76. The van der Waals surface area contributed by atoms with Gasteiger partial charge in [-0.2, -0.15) is 10.4 Å². The highest BCUT2D eigenvalue weighted by atomic mass is 16.5. The van der Waals surface area contributed by atoms with Crippen LogP contribution in [-0.2, 0) is 4.74 Å². The molecule has 0 spiro atoms. The van der Waals surface area contributed by atoms with Gasteiger partial charge < -0.3 is 4.74 Å². The Morgan fingerprint density at radius 1 is 1.50 bits per heavy atom. The first-order chi connectivity index (χ1) is 9.56. The predicted molar refractivity (Wildman–Crippen MR) is 71.5 cm³/mol. The van der Waals surface area contributed by atoms with Crippen LogP contribution in [-0.4, -0.2) is 27.3 Å². The fourth-order valence-corrected chi connectivity index (χ4v) is 1.90. The van der Waals surface area contributed by atoms with E-state index in [0.29, 0.717) is 29.1 Å². The molecule has 0 saturated carbocycles. The zero-order chi connectivity index (χ0) is 14.7. The predicted octanol–water partition coefficient (Wildman–Crippen LogP) is 1.93. The van der Waals surface area contributed by atoms with Gasteiger partial charge in [0.05, 0.1) is 35.3 Å². The molecule has 0 unspecified atom stereocenters. The molecule has 2 heterocycles. The number of rotatable bonds is 3. The number of nitrogens with zero attached hydrogens (tertiary/aromatic N) is 4. The molecule has 0 amide bonds. The van der Waals surface area contributed by atoms with Crippen molar-refractivity contribution < 1.29 is 9.53 Å². The van der Waals surface area contributed by atoms with E-state index in [-0.39, 0.29) is 0 Å². The van der Waals surface area contributed by atoms with Crippen LogP contribution in [0.1, 0.15) is 34.2 Å². The molecule has 6 nitrogen and oxygen atoms in total. The highest BCUT2D eigenvalue weighted by molar-refractivity contribution is 5.88. The minimum Gasteiger partial charge on any atom is -0.462 e. The third-order valence-corrected chi connectivity index (χ3v) is 2.76. The highest BCUT2D eigenvalue weighted by Crippen LogP contribution is 2.18. The number of carbonyl (C=O) groups excluding carboxylic acids is 1. The molecule has 0 bridgehead atoms. The van der Waals surface area contributed by atoms with Crippen LogP contribution in [0.2, 0.25) is 0 Å². The average molecular weight is 270 g/mol. The Balaban J connectivity index is 2.48. The van der Waals surface area contributed by atoms with Crippen molar-refractivity contribution in [1.82, 2.24) is 14.8 Å². The van der Waals surface area contributed by atoms with Crippen LogP contribution in [0, 0.1) is 25.2 Å². The molecule has 20 heavy (non-hydrogen) atoms. The van der Waals surface area contributed by atoms with Crippen LogP contribution in [0.25, 0.3) is 5.69 Å². The lowest BCUT2D eigenvalue weighted by Crippen LogP contribution is -2.05. The lowest BCUT2D eigenvalue weighted by molar-refractivity contribution is 0.0526. The Labute approximate surface area is 116 Å². The van der Waals surface area contributed by atoms with E-state index in [1.807, 2.05) is 6.92 Å². The van der Waals surface area contributed by atoms with Crippen molar-refractivity contribution in [2.24, 2.45) is 0 Å². The van der Waals surface area contributed by atoms with E-state index in [1.54, 1.807) is 26.1 Å². The molecule has 0 aliphatic heterocycles. The van der Waals surface area contributed by atoms with Gasteiger partial charge in [-0.1, -0.05) is 0 Å². The van der Waals surface area contributed by atoms with E-state index < -0.39 is 5.97 Å². The van der Waals surface area contributed by atoms with Gasteiger partial charge in [0.2, 0.25) is 0 Å². The number of hydrogen-bond acceptors (Lipinski definition) is 5. The Morgan fingerprint density at radius 3 is 2.90 bits per heavy atom. The second-order valence-corrected chi connectivity index (χ2v) is 4.25. The fourth-order valence-electron chi connectivity index (χ4n) is 1.90. The molecule has 0 atom stereocenters. The van der Waals surface area contributed by atoms with E-state index in [0.717, 1.165) is 5.69 Å². The van der Waals surface area contributed by atoms with Crippen molar-refractivity contribution in [2.75, 3.05) is 6.61 Å². The molecule has 0 aromatic carbocycles. The fraction of sp³-hybridized carbons (Fsp3) is 0.286. The van der Waals surface area contributed by atoms with E-state index in [4.69, 9.17) is 4.74 Å². The average Bonchev–Trinajstić information content (AvgIpc) is 2.87. The molecule has 0 fully saturated rings.